The Labute approximate surface area is 105 Å². The lowest BCUT2D eigenvalue weighted by atomic mass is 9.98. The minimum atomic E-state index is 0.160. The number of halogens is 1. The maximum atomic E-state index is 6.36. The van der Waals surface area contributed by atoms with Gasteiger partial charge in [-0.1, -0.05) is 52.0 Å². The van der Waals surface area contributed by atoms with Gasteiger partial charge in [0.2, 0.25) is 0 Å². The molecule has 0 saturated carbocycles. The fourth-order valence-corrected chi connectivity index (χ4v) is 2.39. The van der Waals surface area contributed by atoms with Crippen molar-refractivity contribution in [3.63, 3.8) is 0 Å². The standard InChI is InChI=1S/C15H23Cl/c1-11(2)9-13-5-7-14(8-6-13)15(16)10-12(3)4/h5-8,11-12,15H,9-10H2,1-4H3. The van der Waals surface area contributed by atoms with Gasteiger partial charge < -0.3 is 0 Å². The monoisotopic (exact) mass is 238 g/mol. The van der Waals surface area contributed by atoms with E-state index in [2.05, 4.69) is 52.0 Å². The lowest BCUT2D eigenvalue weighted by Gasteiger charge is -2.13. The molecule has 0 radical (unpaired) electrons. The molecule has 1 aromatic rings. The Morgan fingerprint density at radius 2 is 1.50 bits per heavy atom. The molecule has 0 spiro atoms. The van der Waals surface area contributed by atoms with Gasteiger partial charge in [0, 0.05) is 0 Å². The summed E-state index contributed by atoms with van der Waals surface area (Å²) < 4.78 is 0. The minimum absolute atomic E-state index is 0.160. The largest absolute Gasteiger partial charge is 0.118 e. The van der Waals surface area contributed by atoms with Crippen LogP contribution in [-0.2, 0) is 6.42 Å². The summed E-state index contributed by atoms with van der Waals surface area (Å²) in [6.45, 7) is 8.92. The van der Waals surface area contributed by atoms with E-state index < -0.39 is 0 Å². The lowest BCUT2D eigenvalue weighted by molar-refractivity contribution is 0.575. The van der Waals surface area contributed by atoms with Gasteiger partial charge in [0.1, 0.15) is 0 Å². The van der Waals surface area contributed by atoms with Gasteiger partial charge in [-0.15, -0.1) is 11.6 Å². The van der Waals surface area contributed by atoms with Crippen LogP contribution in [0.5, 0.6) is 0 Å². The van der Waals surface area contributed by atoms with Crippen LogP contribution >= 0.6 is 11.6 Å². The van der Waals surface area contributed by atoms with E-state index in [0.717, 1.165) is 12.8 Å². The molecule has 1 atom stereocenters. The second kappa shape index (κ2) is 6.30. The number of hydrogen-bond donors (Lipinski definition) is 0. The Bertz CT molecular complexity index is 298. The molecular formula is C15H23Cl. The average molecular weight is 239 g/mol. The zero-order valence-corrected chi connectivity index (χ0v) is 11.6. The van der Waals surface area contributed by atoms with Crippen molar-refractivity contribution in [1.29, 1.82) is 0 Å². The Hall–Kier alpha value is -0.490. The van der Waals surface area contributed by atoms with Gasteiger partial charge in [-0.3, -0.25) is 0 Å². The van der Waals surface area contributed by atoms with Crippen LogP contribution in [-0.4, -0.2) is 0 Å². The molecule has 1 aromatic carbocycles. The highest BCUT2D eigenvalue weighted by atomic mass is 35.5. The second-order valence-corrected chi connectivity index (χ2v) is 5.96. The maximum Gasteiger partial charge on any atom is 0.0587 e. The zero-order valence-electron chi connectivity index (χ0n) is 10.8. The molecule has 1 heteroatoms. The van der Waals surface area contributed by atoms with Gasteiger partial charge in [0.05, 0.1) is 5.38 Å². The summed E-state index contributed by atoms with van der Waals surface area (Å²) in [5.41, 5.74) is 2.66. The summed E-state index contributed by atoms with van der Waals surface area (Å²) in [6.07, 6.45) is 2.20. The molecule has 0 fully saturated rings. The van der Waals surface area contributed by atoms with E-state index in [0.29, 0.717) is 11.8 Å². The van der Waals surface area contributed by atoms with Crippen molar-refractivity contribution in [3.05, 3.63) is 35.4 Å². The number of hydrogen-bond acceptors (Lipinski definition) is 0. The van der Waals surface area contributed by atoms with Crippen molar-refractivity contribution in [3.8, 4) is 0 Å². The first-order chi connectivity index (χ1) is 7.49. The molecular weight excluding hydrogens is 216 g/mol. The fraction of sp³-hybridized carbons (Fsp3) is 0.600. The summed E-state index contributed by atoms with van der Waals surface area (Å²) in [6, 6.07) is 8.78. The third-order valence-corrected chi connectivity index (χ3v) is 3.09. The number of rotatable bonds is 5. The molecule has 0 aromatic heterocycles. The predicted molar refractivity (Wildman–Crippen MR) is 73.0 cm³/mol. The van der Waals surface area contributed by atoms with Crippen molar-refractivity contribution >= 4 is 11.6 Å². The van der Waals surface area contributed by atoms with Crippen LogP contribution in [0.15, 0.2) is 24.3 Å². The van der Waals surface area contributed by atoms with E-state index in [4.69, 9.17) is 11.6 Å². The fourth-order valence-electron chi connectivity index (χ4n) is 1.88. The first-order valence-electron chi connectivity index (χ1n) is 6.22. The molecule has 16 heavy (non-hydrogen) atoms. The molecule has 0 N–H and O–H groups in total. The SMILES string of the molecule is CC(C)Cc1ccc(C(Cl)CC(C)C)cc1. The average Bonchev–Trinajstić information content (AvgIpc) is 2.16. The van der Waals surface area contributed by atoms with Gasteiger partial charge in [-0.2, -0.15) is 0 Å². The van der Waals surface area contributed by atoms with Crippen LogP contribution in [0, 0.1) is 11.8 Å². The van der Waals surface area contributed by atoms with Gasteiger partial charge in [0.15, 0.2) is 0 Å². The Kier molecular flexibility index (Phi) is 5.34. The van der Waals surface area contributed by atoms with Crippen molar-refractivity contribution in [2.24, 2.45) is 11.8 Å². The van der Waals surface area contributed by atoms with E-state index in [1.807, 2.05) is 0 Å². The lowest BCUT2D eigenvalue weighted by Crippen LogP contribution is -1.98. The highest BCUT2D eigenvalue weighted by Gasteiger charge is 2.09. The predicted octanol–water partition coefficient (Wildman–Crippen LogP) is 5.21. The second-order valence-electron chi connectivity index (χ2n) is 5.44. The topological polar surface area (TPSA) is 0 Å². The molecule has 0 saturated heterocycles. The highest BCUT2D eigenvalue weighted by molar-refractivity contribution is 6.20. The Balaban J connectivity index is 2.63. The van der Waals surface area contributed by atoms with Crippen LogP contribution in [0.1, 0.15) is 50.6 Å². The van der Waals surface area contributed by atoms with E-state index in [1.165, 1.54) is 11.1 Å². The maximum absolute atomic E-state index is 6.36. The molecule has 1 unspecified atom stereocenters. The van der Waals surface area contributed by atoms with Crippen molar-refractivity contribution in [2.75, 3.05) is 0 Å². The zero-order chi connectivity index (χ0) is 12.1. The Morgan fingerprint density at radius 3 is 1.94 bits per heavy atom. The van der Waals surface area contributed by atoms with Gasteiger partial charge >= 0.3 is 0 Å². The smallest absolute Gasteiger partial charge is 0.0587 e. The van der Waals surface area contributed by atoms with Crippen LogP contribution in [0.3, 0.4) is 0 Å². The van der Waals surface area contributed by atoms with E-state index in [1.54, 1.807) is 0 Å². The van der Waals surface area contributed by atoms with Crippen molar-refractivity contribution in [1.82, 2.24) is 0 Å². The van der Waals surface area contributed by atoms with Crippen LogP contribution in [0.2, 0.25) is 0 Å². The van der Waals surface area contributed by atoms with Crippen molar-refractivity contribution in [2.45, 2.75) is 45.9 Å². The molecule has 0 amide bonds. The summed E-state index contributed by atoms with van der Waals surface area (Å²) >= 11 is 6.36. The summed E-state index contributed by atoms with van der Waals surface area (Å²) in [5, 5.41) is 0.160. The quantitative estimate of drug-likeness (QED) is 0.618. The first kappa shape index (κ1) is 13.6. The first-order valence-corrected chi connectivity index (χ1v) is 6.65. The third kappa shape index (κ3) is 4.57. The van der Waals surface area contributed by atoms with Gasteiger partial charge in [0.25, 0.3) is 0 Å². The van der Waals surface area contributed by atoms with E-state index >= 15 is 0 Å². The molecule has 0 aliphatic heterocycles. The van der Waals surface area contributed by atoms with Crippen LogP contribution < -0.4 is 0 Å². The van der Waals surface area contributed by atoms with E-state index in [9.17, 15) is 0 Å². The molecule has 0 bridgehead atoms. The molecule has 0 heterocycles. The highest BCUT2D eigenvalue weighted by Crippen LogP contribution is 2.28. The number of benzene rings is 1. The molecule has 90 valence electrons. The molecule has 1 rings (SSSR count). The summed E-state index contributed by atoms with van der Waals surface area (Å²) in [4.78, 5) is 0. The van der Waals surface area contributed by atoms with Crippen LogP contribution in [0.4, 0.5) is 0 Å². The molecule has 0 nitrogen and oxygen atoms in total. The minimum Gasteiger partial charge on any atom is -0.118 e. The third-order valence-electron chi connectivity index (χ3n) is 2.66. The van der Waals surface area contributed by atoms with Crippen molar-refractivity contribution < 1.29 is 0 Å². The number of alkyl halides is 1. The summed E-state index contributed by atoms with van der Waals surface area (Å²) in [7, 11) is 0. The summed E-state index contributed by atoms with van der Waals surface area (Å²) in [5.74, 6) is 1.37. The molecule has 0 aliphatic carbocycles. The molecule has 0 aliphatic rings. The normalized spacial score (nSPS) is 13.4. The Morgan fingerprint density at radius 1 is 0.938 bits per heavy atom. The van der Waals surface area contributed by atoms with Gasteiger partial charge in [-0.25, -0.2) is 0 Å². The van der Waals surface area contributed by atoms with Crippen LogP contribution in [0.25, 0.3) is 0 Å². The van der Waals surface area contributed by atoms with E-state index in [-0.39, 0.29) is 5.38 Å². The van der Waals surface area contributed by atoms with Gasteiger partial charge in [-0.05, 0) is 35.8 Å².